The lowest BCUT2D eigenvalue weighted by atomic mass is 9.90. The van der Waals surface area contributed by atoms with Crippen LogP contribution in [0.25, 0.3) is 0 Å². The minimum atomic E-state index is -4.34. The Balaban J connectivity index is 1.53. The molecule has 0 radical (unpaired) electrons. The maximum Gasteiger partial charge on any atom is 0.416 e. The Hall–Kier alpha value is -2.38. The highest BCUT2D eigenvalue weighted by molar-refractivity contribution is 5.97. The minimum Gasteiger partial charge on any atom is -0.380 e. The van der Waals surface area contributed by atoms with Crippen molar-refractivity contribution in [2.45, 2.75) is 50.9 Å². The first kappa shape index (κ1) is 22.3. The van der Waals surface area contributed by atoms with E-state index in [2.05, 4.69) is 19.2 Å². The van der Waals surface area contributed by atoms with E-state index in [0.717, 1.165) is 17.7 Å². The summed E-state index contributed by atoms with van der Waals surface area (Å²) in [6, 6.07) is 12.7. The first-order valence-electron chi connectivity index (χ1n) is 10.1. The van der Waals surface area contributed by atoms with Gasteiger partial charge in [-0.05, 0) is 54.2 Å². The third kappa shape index (κ3) is 5.40. The van der Waals surface area contributed by atoms with Crippen molar-refractivity contribution in [1.82, 2.24) is 4.90 Å². The number of nitrogens with one attached hydrogen (secondary N) is 1. The SMILES string of the molecule is CC(C)c1ccc(NC(=O)C2(O)CCN(Cc3ccc(C(F)(F)F)cc3)CC2)cc1. The summed E-state index contributed by atoms with van der Waals surface area (Å²) in [6.07, 6.45) is -3.81. The van der Waals surface area contributed by atoms with E-state index in [1.807, 2.05) is 29.2 Å². The number of aliphatic hydroxyl groups is 1. The molecule has 0 saturated carbocycles. The molecule has 0 aromatic heterocycles. The molecule has 1 amide bonds. The van der Waals surface area contributed by atoms with Crippen LogP contribution >= 0.6 is 0 Å². The zero-order valence-electron chi connectivity index (χ0n) is 17.2. The highest BCUT2D eigenvalue weighted by Gasteiger charge is 2.39. The summed E-state index contributed by atoms with van der Waals surface area (Å²) >= 11 is 0. The van der Waals surface area contributed by atoms with Crippen molar-refractivity contribution in [3.05, 3.63) is 65.2 Å². The first-order valence-corrected chi connectivity index (χ1v) is 10.1. The second-order valence-corrected chi connectivity index (χ2v) is 8.23. The molecule has 162 valence electrons. The van der Waals surface area contributed by atoms with Crippen LogP contribution in [0.2, 0.25) is 0 Å². The van der Waals surface area contributed by atoms with Gasteiger partial charge in [0, 0.05) is 25.3 Å². The van der Waals surface area contributed by atoms with Gasteiger partial charge in [-0.1, -0.05) is 38.1 Å². The topological polar surface area (TPSA) is 52.6 Å². The van der Waals surface area contributed by atoms with Crippen molar-refractivity contribution in [2.24, 2.45) is 0 Å². The molecule has 7 heteroatoms. The summed E-state index contributed by atoms with van der Waals surface area (Å²) in [5.41, 5.74) is 0.460. The van der Waals surface area contributed by atoms with E-state index in [-0.39, 0.29) is 12.8 Å². The van der Waals surface area contributed by atoms with Gasteiger partial charge in [-0.3, -0.25) is 9.69 Å². The van der Waals surface area contributed by atoms with Gasteiger partial charge in [-0.15, -0.1) is 0 Å². The number of benzene rings is 2. The monoisotopic (exact) mass is 420 g/mol. The van der Waals surface area contributed by atoms with E-state index in [4.69, 9.17) is 0 Å². The minimum absolute atomic E-state index is 0.267. The Labute approximate surface area is 174 Å². The molecule has 1 aliphatic heterocycles. The van der Waals surface area contributed by atoms with E-state index >= 15 is 0 Å². The van der Waals surface area contributed by atoms with Crippen LogP contribution in [0, 0.1) is 0 Å². The first-order chi connectivity index (χ1) is 14.1. The van der Waals surface area contributed by atoms with Crippen LogP contribution in [0.1, 0.15) is 49.3 Å². The van der Waals surface area contributed by atoms with Gasteiger partial charge in [0.1, 0.15) is 5.60 Å². The van der Waals surface area contributed by atoms with Gasteiger partial charge in [0.25, 0.3) is 5.91 Å². The van der Waals surface area contributed by atoms with Gasteiger partial charge in [0.2, 0.25) is 0 Å². The van der Waals surface area contributed by atoms with E-state index in [9.17, 15) is 23.1 Å². The Bertz CT molecular complexity index is 854. The molecule has 2 aromatic carbocycles. The molecule has 0 atom stereocenters. The molecule has 0 aliphatic carbocycles. The second kappa shape index (κ2) is 8.78. The molecule has 0 spiro atoms. The predicted molar refractivity (Wildman–Crippen MR) is 110 cm³/mol. The second-order valence-electron chi connectivity index (χ2n) is 8.23. The maximum absolute atomic E-state index is 12.7. The molecule has 2 aromatic rings. The number of hydrogen-bond donors (Lipinski definition) is 2. The fourth-order valence-corrected chi connectivity index (χ4v) is 3.56. The van der Waals surface area contributed by atoms with Crippen molar-refractivity contribution in [2.75, 3.05) is 18.4 Å². The Kier molecular flexibility index (Phi) is 6.53. The molecular weight excluding hydrogens is 393 g/mol. The molecule has 2 N–H and O–H groups in total. The fraction of sp³-hybridized carbons (Fsp3) is 0.435. The standard InChI is InChI=1S/C23H27F3N2O2/c1-16(2)18-5-9-20(10-6-18)27-21(29)22(30)11-13-28(14-12-22)15-17-3-7-19(8-4-17)23(24,25)26/h3-10,16,30H,11-15H2,1-2H3,(H,27,29). The highest BCUT2D eigenvalue weighted by Crippen LogP contribution is 2.30. The molecule has 30 heavy (non-hydrogen) atoms. The van der Waals surface area contributed by atoms with Gasteiger partial charge in [-0.2, -0.15) is 13.2 Å². The van der Waals surface area contributed by atoms with Crippen LogP contribution in [0.3, 0.4) is 0 Å². The van der Waals surface area contributed by atoms with Gasteiger partial charge < -0.3 is 10.4 Å². The van der Waals surface area contributed by atoms with Crippen LogP contribution in [0.5, 0.6) is 0 Å². The lowest BCUT2D eigenvalue weighted by Crippen LogP contribution is -2.51. The van der Waals surface area contributed by atoms with Crippen LogP contribution in [0.4, 0.5) is 18.9 Å². The number of carbonyl (C=O) groups is 1. The molecule has 3 rings (SSSR count). The molecule has 1 heterocycles. The van der Waals surface area contributed by atoms with Crippen molar-refractivity contribution < 1.29 is 23.1 Å². The third-order valence-electron chi connectivity index (χ3n) is 5.63. The molecular formula is C23H27F3N2O2. The number of carbonyl (C=O) groups excluding carboxylic acids is 1. The van der Waals surface area contributed by atoms with E-state index in [1.54, 1.807) is 0 Å². The van der Waals surface area contributed by atoms with Crippen molar-refractivity contribution >= 4 is 11.6 Å². The lowest BCUT2D eigenvalue weighted by Gasteiger charge is -2.37. The molecule has 1 aliphatic rings. The van der Waals surface area contributed by atoms with Crippen LogP contribution < -0.4 is 5.32 Å². The van der Waals surface area contributed by atoms with Crippen molar-refractivity contribution in [1.29, 1.82) is 0 Å². The molecule has 1 fully saturated rings. The van der Waals surface area contributed by atoms with Gasteiger partial charge in [0.05, 0.1) is 5.56 Å². The number of rotatable bonds is 5. The zero-order chi connectivity index (χ0) is 21.9. The fourth-order valence-electron chi connectivity index (χ4n) is 3.56. The Morgan fingerprint density at radius 2 is 1.63 bits per heavy atom. The number of piperidine rings is 1. The van der Waals surface area contributed by atoms with E-state index in [1.165, 1.54) is 17.7 Å². The Morgan fingerprint density at radius 3 is 2.13 bits per heavy atom. The molecule has 0 bridgehead atoms. The predicted octanol–water partition coefficient (Wildman–Crippen LogP) is 4.79. The summed E-state index contributed by atoms with van der Waals surface area (Å²) in [4.78, 5) is 14.6. The molecule has 1 saturated heterocycles. The highest BCUT2D eigenvalue weighted by atomic mass is 19.4. The van der Waals surface area contributed by atoms with Crippen molar-refractivity contribution in [3.8, 4) is 0 Å². The number of likely N-dealkylation sites (tertiary alicyclic amines) is 1. The van der Waals surface area contributed by atoms with Gasteiger partial charge in [-0.25, -0.2) is 0 Å². The summed E-state index contributed by atoms with van der Waals surface area (Å²) < 4.78 is 38.0. The number of alkyl halides is 3. The Morgan fingerprint density at radius 1 is 1.07 bits per heavy atom. The van der Waals surface area contributed by atoms with E-state index in [0.29, 0.717) is 31.2 Å². The molecule has 4 nitrogen and oxygen atoms in total. The largest absolute Gasteiger partial charge is 0.416 e. The number of halogens is 3. The quantitative estimate of drug-likeness (QED) is 0.731. The van der Waals surface area contributed by atoms with Crippen LogP contribution in [0.15, 0.2) is 48.5 Å². The number of anilines is 1. The summed E-state index contributed by atoms with van der Waals surface area (Å²) in [6.45, 7) is 5.63. The average molecular weight is 420 g/mol. The lowest BCUT2D eigenvalue weighted by molar-refractivity contribution is -0.139. The van der Waals surface area contributed by atoms with Gasteiger partial charge >= 0.3 is 6.18 Å². The normalized spacial score (nSPS) is 17.2. The number of hydrogen-bond acceptors (Lipinski definition) is 3. The summed E-state index contributed by atoms with van der Waals surface area (Å²) in [5, 5.41) is 13.6. The maximum atomic E-state index is 12.7. The average Bonchev–Trinajstić information content (AvgIpc) is 2.70. The van der Waals surface area contributed by atoms with Crippen molar-refractivity contribution in [3.63, 3.8) is 0 Å². The number of nitrogens with zero attached hydrogens (tertiary/aromatic N) is 1. The van der Waals surface area contributed by atoms with Crippen LogP contribution in [-0.4, -0.2) is 34.6 Å². The zero-order valence-corrected chi connectivity index (χ0v) is 17.2. The summed E-state index contributed by atoms with van der Waals surface area (Å²) in [7, 11) is 0. The van der Waals surface area contributed by atoms with E-state index < -0.39 is 23.2 Å². The summed E-state index contributed by atoms with van der Waals surface area (Å²) in [5.74, 6) is -0.0260. The number of amides is 1. The van der Waals surface area contributed by atoms with Gasteiger partial charge in [0.15, 0.2) is 0 Å². The third-order valence-corrected chi connectivity index (χ3v) is 5.63. The van der Waals surface area contributed by atoms with Crippen LogP contribution in [-0.2, 0) is 17.5 Å². The molecule has 0 unspecified atom stereocenters. The smallest absolute Gasteiger partial charge is 0.380 e.